The van der Waals surface area contributed by atoms with Gasteiger partial charge in [0.2, 0.25) is 0 Å². The fourth-order valence-corrected chi connectivity index (χ4v) is 1.42. The average molecular weight is 253 g/mol. The number of halogens is 1. The number of rotatable bonds is 5. The van der Waals surface area contributed by atoms with Crippen molar-refractivity contribution in [3.8, 4) is 0 Å². The van der Waals surface area contributed by atoms with E-state index in [4.69, 9.17) is 5.11 Å². The lowest BCUT2D eigenvalue weighted by Crippen LogP contribution is -2.29. The van der Waals surface area contributed by atoms with E-state index in [9.17, 15) is 9.18 Å². The second-order valence-corrected chi connectivity index (χ2v) is 5.46. The summed E-state index contributed by atoms with van der Waals surface area (Å²) in [7, 11) is 0. The molecule has 1 aromatic rings. The lowest BCUT2D eigenvalue weighted by molar-refractivity contribution is 0.0693. The Morgan fingerprint density at radius 1 is 1.44 bits per heavy atom. The summed E-state index contributed by atoms with van der Waals surface area (Å²) in [5.74, 6) is -1.53. The third kappa shape index (κ3) is 3.22. The van der Waals surface area contributed by atoms with E-state index in [-0.39, 0.29) is 11.0 Å². The van der Waals surface area contributed by atoms with Crippen molar-refractivity contribution in [3.63, 3.8) is 0 Å². The molecule has 0 amide bonds. The van der Waals surface area contributed by atoms with Gasteiger partial charge in [-0.15, -0.1) is 0 Å². The topological polar surface area (TPSA) is 49.3 Å². The molecule has 0 saturated carbocycles. The quantitative estimate of drug-likeness (QED) is 0.842. The van der Waals surface area contributed by atoms with Crippen LogP contribution in [-0.2, 0) is 0 Å². The van der Waals surface area contributed by atoms with Crippen molar-refractivity contribution in [1.29, 1.82) is 0 Å². The van der Waals surface area contributed by atoms with Gasteiger partial charge >= 0.3 is 5.97 Å². The molecule has 0 atom stereocenters. The SMILES string of the molecule is CC(C)C(C)(C)CNc1cccc(F)c1C(=O)O. The van der Waals surface area contributed by atoms with Gasteiger partial charge in [-0.05, 0) is 23.5 Å². The summed E-state index contributed by atoms with van der Waals surface area (Å²) in [6.07, 6.45) is 0. The summed E-state index contributed by atoms with van der Waals surface area (Å²) in [5.41, 5.74) is 0.0375. The number of anilines is 1. The fraction of sp³-hybridized carbons (Fsp3) is 0.500. The molecule has 100 valence electrons. The van der Waals surface area contributed by atoms with Crippen LogP contribution in [0.25, 0.3) is 0 Å². The first kappa shape index (κ1) is 14.5. The van der Waals surface area contributed by atoms with Crippen LogP contribution in [-0.4, -0.2) is 17.6 Å². The van der Waals surface area contributed by atoms with Crippen LogP contribution in [0.5, 0.6) is 0 Å². The number of hydrogen-bond donors (Lipinski definition) is 2. The van der Waals surface area contributed by atoms with Crippen LogP contribution in [0.2, 0.25) is 0 Å². The van der Waals surface area contributed by atoms with Crippen LogP contribution in [0.15, 0.2) is 18.2 Å². The summed E-state index contributed by atoms with van der Waals surface area (Å²) in [6.45, 7) is 8.97. The lowest BCUT2D eigenvalue weighted by atomic mass is 9.81. The van der Waals surface area contributed by atoms with Gasteiger partial charge in [0.25, 0.3) is 0 Å². The van der Waals surface area contributed by atoms with Crippen molar-refractivity contribution < 1.29 is 14.3 Å². The highest BCUT2D eigenvalue weighted by Gasteiger charge is 2.23. The van der Waals surface area contributed by atoms with Crippen molar-refractivity contribution in [2.24, 2.45) is 11.3 Å². The highest BCUT2D eigenvalue weighted by molar-refractivity contribution is 5.94. The van der Waals surface area contributed by atoms with Crippen LogP contribution in [0, 0.1) is 17.2 Å². The Kier molecular flexibility index (Phi) is 4.33. The standard InChI is InChI=1S/C14H20FNO2/c1-9(2)14(3,4)8-16-11-7-5-6-10(15)12(11)13(17)18/h5-7,9,16H,8H2,1-4H3,(H,17,18). The molecule has 0 heterocycles. The number of hydrogen-bond acceptors (Lipinski definition) is 2. The van der Waals surface area contributed by atoms with Crippen molar-refractivity contribution in [2.45, 2.75) is 27.7 Å². The van der Waals surface area contributed by atoms with Gasteiger partial charge < -0.3 is 10.4 Å². The Morgan fingerprint density at radius 2 is 2.06 bits per heavy atom. The second kappa shape index (κ2) is 5.38. The van der Waals surface area contributed by atoms with Crippen LogP contribution < -0.4 is 5.32 Å². The molecule has 0 saturated heterocycles. The molecule has 0 aromatic heterocycles. The molecular weight excluding hydrogens is 233 g/mol. The monoisotopic (exact) mass is 253 g/mol. The van der Waals surface area contributed by atoms with E-state index < -0.39 is 11.8 Å². The minimum atomic E-state index is -1.25. The Balaban J connectivity index is 2.92. The van der Waals surface area contributed by atoms with Gasteiger partial charge in [0.1, 0.15) is 11.4 Å². The summed E-state index contributed by atoms with van der Waals surface area (Å²) < 4.78 is 13.5. The Morgan fingerprint density at radius 3 is 2.56 bits per heavy atom. The van der Waals surface area contributed by atoms with Gasteiger partial charge in [0, 0.05) is 6.54 Å². The Bertz CT molecular complexity index is 441. The number of aromatic carboxylic acids is 1. The van der Waals surface area contributed by atoms with Crippen LogP contribution >= 0.6 is 0 Å². The highest BCUT2D eigenvalue weighted by atomic mass is 19.1. The van der Waals surface area contributed by atoms with E-state index >= 15 is 0 Å². The van der Waals surface area contributed by atoms with E-state index in [1.165, 1.54) is 6.07 Å². The highest BCUT2D eigenvalue weighted by Crippen LogP contribution is 2.27. The lowest BCUT2D eigenvalue weighted by Gasteiger charge is -2.30. The van der Waals surface area contributed by atoms with Crippen molar-refractivity contribution in [3.05, 3.63) is 29.6 Å². The molecule has 0 aliphatic heterocycles. The molecule has 18 heavy (non-hydrogen) atoms. The van der Waals surface area contributed by atoms with Gasteiger partial charge in [0.15, 0.2) is 0 Å². The number of carboxylic acid groups (broad SMARTS) is 1. The maximum Gasteiger partial charge on any atom is 0.340 e. The Hall–Kier alpha value is -1.58. The second-order valence-electron chi connectivity index (χ2n) is 5.46. The minimum absolute atomic E-state index is 0.00207. The first-order valence-corrected chi connectivity index (χ1v) is 6.01. The molecule has 0 bridgehead atoms. The maximum atomic E-state index is 13.5. The van der Waals surface area contributed by atoms with Crippen molar-refractivity contribution in [2.75, 3.05) is 11.9 Å². The Labute approximate surface area is 107 Å². The van der Waals surface area contributed by atoms with E-state index in [1.54, 1.807) is 6.07 Å². The predicted octanol–water partition coefficient (Wildman–Crippen LogP) is 3.62. The van der Waals surface area contributed by atoms with Gasteiger partial charge in [-0.25, -0.2) is 9.18 Å². The molecule has 4 heteroatoms. The first-order chi connectivity index (χ1) is 8.25. The summed E-state index contributed by atoms with van der Waals surface area (Å²) in [5, 5.41) is 12.0. The van der Waals surface area contributed by atoms with Gasteiger partial charge in [0.05, 0.1) is 5.69 Å². The number of benzene rings is 1. The summed E-state index contributed by atoms with van der Waals surface area (Å²) in [4.78, 5) is 11.0. The fourth-order valence-electron chi connectivity index (χ4n) is 1.42. The van der Waals surface area contributed by atoms with Crippen molar-refractivity contribution in [1.82, 2.24) is 0 Å². The molecular formula is C14H20FNO2. The van der Waals surface area contributed by atoms with Gasteiger partial charge in [-0.1, -0.05) is 33.8 Å². The zero-order valence-corrected chi connectivity index (χ0v) is 11.2. The minimum Gasteiger partial charge on any atom is -0.478 e. The average Bonchev–Trinajstić information content (AvgIpc) is 2.25. The molecule has 0 spiro atoms. The molecule has 0 unspecified atom stereocenters. The molecule has 0 aliphatic carbocycles. The number of carbonyl (C=O) groups is 1. The van der Waals surface area contributed by atoms with Crippen LogP contribution in [0.1, 0.15) is 38.1 Å². The zero-order valence-electron chi connectivity index (χ0n) is 11.2. The third-order valence-corrected chi connectivity index (χ3v) is 3.52. The maximum absolute atomic E-state index is 13.5. The molecule has 3 nitrogen and oxygen atoms in total. The van der Waals surface area contributed by atoms with Gasteiger partial charge in [-0.2, -0.15) is 0 Å². The first-order valence-electron chi connectivity index (χ1n) is 6.01. The van der Waals surface area contributed by atoms with E-state index in [1.807, 2.05) is 0 Å². The van der Waals surface area contributed by atoms with Crippen LogP contribution in [0.4, 0.5) is 10.1 Å². The number of nitrogens with one attached hydrogen (secondary N) is 1. The molecule has 0 radical (unpaired) electrons. The predicted molar refractivity (Wildman–Crippen MR) is 70.5 cm³/mol. The summed E-state index contributed by atoms with van der Waals surface area (Å²) in [6, 6.07) is 4.25. The van der Waals surface area contributed by atoms with Gasteiger partial charge in [-0.3, -0.25) is 0 Å². The smallest absolute Gasteiger partial charge is 0.340 e. The molecule has 1 rings (SSSR count). The third-order valence-electron chi connectivity index (χ3n) is 3.52. The molecule has 2 N–H and O–H groups in total. The van der Waals surface area contributed by atoms with E-state index in [0.717, 1.165) is 6.07 Å². The van der Waals surface area contributed by atoms with E-state index in [2.05, 4.69) is 33.0 Å². The molecule has 0 fully saturated rings. The molecule has 0 aliphatic rings. The van der Waals surface area contributed by atoms with Crippen molar-refractivity contribution >= 4 is 11.7 Å². The largest absolute Gasteiger partial charge is 0.478 e. The van der Waals surface area contributed by atoms with Crippen LogP contribution in [0.3, 0.4) is 0 Å². The zero-order chi connectivity index (χ0) is 13.9. The normalized spacial score (nSPS) is 11.7. The number of carboxylic acids is 1. The van der Waals surface area contributed by atoms with E-state index in [0.29, 0.717) is 18.2 Å². The molecule has 1 aromatic carbocycles. The summed E-state index contributed by atoms with van der Waals surface area (Å²) >= 11 is 0.